The van der Waals surface area contributed by atoms with Gasteiger partial charge in [0.2, 0.25) is 0 Å². The highest BCUT2D eigenvalue weighted by Gasteiger charge is 2.24. The van der Waals surface area contributed by atoms with E-state index in [2.05, 4.69) is 33.0 Å². The summed E-state index contributed by atoms with van der Waals surface area (Å²) in [6.45, 7) is 0.794. The van der Waals surface area contributed by atoms with Crippen molar-refractivity contribution in [3.8, 4) is 0 Å². The van der Waals surface area contributed by atoms with Crippen molar-refractivity contribution in [2.45, 2.75) is 32.1 Å². The van der Waals surface area contributed by atoms with E-state index in [4.69, 9.17) is 5.73 Å². The van der Waals surface area contributed by atoms with Gasteiger partial charge in [-0.2, -0.15) is 0 Å². The van der Waals surface area contributed by atoms with Crippen LogP contribution in [0, 0.1) is 11.8 Å². The Morgan fingerprint density at radius 2 is 2.12 bits per heavy atom. The molecule has 0 saturated heterocycles. The van der Waals surface area contributed by atoms with Crippen molar-refractivity contribution in [2.75, 3.05) is 6.54 Å². The number of hydrogen-bond acceptors (Lipinski definition) is 2. The fourth-order valence-electron chi connectivity index (χ4n) is 2.67. The van der Waals surface area contributed by atoms with Crippen molar-refractivity contribution in [3.63, 3.8) is 0 Å². The number of aromatic nitrogens is 1. The first-order chi connectivity index (χ1) is 7.79. The van der Waals surface area contributed by atoms with Crippen LogP contribution in [-0.2, 0) is 6.42 Å². The number of nitrogens with zero attached hydrogens (tertiary/aromatic N) is 1. The first kappa shape index (κ1) is 12.1. The van der Waals surface area contributed by atoms with Crippen LogP contribution in [0.3, 0.4) is 0 Å². The Hall–Kier alpha value is -0.410. The van der Waals surface area contributed by atoms with E-state index in [1.165, 1.54) is 31.4 Å². The maximum atomic E-state index is 5.89. The first-order valence-corrected chi connectivity index (χ1v) is 6.89. The van der Waals surface area contributed by atoms with Gasteiger partial charge in [-0.05, 0) is 52.9 Å². The van der Waals surface area contributed by atoms with Gasteiger partial charge in [-0.1, -0.05) is 25.7 Å². The molecule has 2 rings (SSSR count). The highest BCUT2D eigenvalue weighted by molar-refractivity contribution is 9.10. The van der Waals surface area contributed by atoms with Gasteiger partial charge in [-0.3, -0.25) is 4.98 Å². The monoisotopic (exact) mass is 282 g/mol. The summed E-state index contributed by atoms with van der Waals surface area (Å²) in [4.78, 5) is 4.43. The third-order valence-corrected chi connectivity index (χ3v) is 4.10. The third-order valence-electron chi connectivity index (χ3n) is 3.63. The molecule has 1 aliphatic rings. The van der Waals surface area contributed by atoms with Crippen LogP contribution in [0.1, 0.15) is 31.4 Å². The summed E-state index contributed by atoms with van der Waals surface area (Å²) >= 11 is 3.41. The second-order valence-electron chi connectivity index (χ2n) is 4.71. The SMILES string of the molecule is NCC(Cc1ccc(Br)cn1)C1CCCC1. The highest BCUT2D eigenvalue weighted by Crippen LogP contribution is 2.32. The molecule has 1 unspecified atom stereocenters. The fraction of sp³-hybridized carbons (Fsp3) is 0.615. The second kappa shape index (κ2) is 5.78. The zero-order valence-corrected chi connectivity index (χ0v) is 11.1. The molecule has 0 bridgehead atoms. The number of nitrogens with two attached hydrogens (primary N) is 1. The van der Waals surface area contributed by atoms with Gasteiger partial charge in [-0.25, -0.2) is 0 Å². The molecule has 0 aromatic carbocycles. The van der Waals surface area contributed by atoms with Gasteiger partial charge in [0.15, 0.2) is 0 Å². The van der Waals surface area contributed by atoms with Crippen molar-refractivity contribution in [2.24, 2.45) is 17.6 Å². The van der Waals surface area contributed by atoms with Crippen LogP contribution in [0.5, 0.6) is 0 Å². The Bertz CT molecular complexity index is 317. The topological polar surface area (TPSA) is 38.9 Å². The van der Waals surface area contributed by atoms with E-state index in [1.54, 1.807) is 0 Å². The van der Waals surface area contributed by atoms with E-state index < -0.39 is 0 Å². The van der Waals surface area contributed by atoms with Crippen molar-refractivity contribution < 1.29 is 0 Å². The minimum absolute atomic E-state index is 0.621. The van der Waals surface area contributed by atoms with Gasteiger partial charge in [0, 0.05) is 16.4 Å². The molecule has 0 amide bonds. The predicted octanol–water partition coefficient (Wildman–Crippen LogP) is 3.15. The first-order valence-electron chi connectivity index (χ1n) is 6.10. The summed E-state index contributed by atoms with van der Waals surface area (Å²) in [6, 6.07) is 4.16. The standard InChI is InChI=1S/C13H19BrN2/c14-12-5-6-13(16-9-12)7-11(8-15)10-3-1-2-4-10/h5-6,9-11H,1-4,7-8,15H2. The Labute approximate surface area is 106 Å². The summed E-state index contributed by atoms with van der Waals surface area (Å²) < 4.78 is 1.04. The zero-order valence-electron chi connectivity index (χ0n) is 9.53. The van der Waals surface area contributed by atoms with E-state index in [9.17, 15) is 0 Å². The van der Waals surface area contributed by atoms with Crippen LogP contribution in [0.4, 0.5) is 0 Å². The minimum atomic E-state index is 0.621. The Kier molecular flexibility index (Phi) is 4.36. The molecule has 2 N–H and O–H groups in total. The normalized spacial score (nSPS) is 18.9. The van der Waals surface area contributed by atoms with Gasteiger partial charge >= 0.3 is 0 Å². The maximum absolute atomic E-state index is 5.89. The van der Waals surface area contributed by atoms with Crippen LogP contribution < -0.4 is 5.73 Å². The molecule has 0 aliphatic heterocycles. The molecule has 1 fully saturated rings. The van der Waals surface area contributed by atoms with Gasteiger partial charge in [0.1, 0.15) is 0 Å². The lowest BCUT2D eigenvalue weighted by molar-refractivity contribution is 0.342. The van der Waals surface area contributed by atoms with Crippen LogP contribution in [0.15, 0.2) is 22.8 Å². The summed E-state index contributed by atoms with van der Waals surface area (Å²) in [5.41, 5.74) is 7.07. The summed E-state index contributed by atoms with van der Waals surface area (Å²) in [7, 11) is 0. The molecule has 1 saturated carbocycles. The molecule has 16 heavy (non-hydrogen) atoms. The molecule has 1 aromatic rings. The molecule has 88 valence electrons. The molecule has 0 spiro atoms. The average Bonchev–Trinajstić information content (AvgIpc) is 2.82. The number of hydrogen-bond donors (Lipinski definition) is 1. The molecule has 1 heterocycles. The van der Waals surface area contributed by atoms with E-state index >= 15 is 0 Å². The molecule has 3 heteroatoms. The smallest absolute Gasteiger partial charge is 0.0413 e. The summed E-state index contributed by atoms with van der Waals surface area (Å²) in [5.74, 6) is 1.45. The van der Waals surface area contributed by atoms with Crippen LogP contribution in [0.2, 0.25) is 0 Å². The van der Waals surface area contributed by atoms with Gasteiger partial charge < -0.3 is 5.73 Å². The van der Waals surface area contributed by atoms with Gasteiger partial charge in [-0.15, -0.1) is 0 Å². The molecular formula is C13H19BrN2. The fourth-order valence-corrected chi connectivity index (χ4v) is 2.90. The number of halogens is 1. The highest BCUT2D eigenvalue weighted by atomic mass is 79.9. The van der Waals surface area contributed by atoms with Crippen LogP contribution in [0.25, 0.3) is 0 Å². The Morgan fingerprint density at radius 1 is 1.38 bits per heavy atom. The van der Waals surface area contributed by atoms with E-state index in [0.29, 0.717) is 5.92 Å². The average molecular weight is 283 g/mol. The molecule has 1 aliphatic carbocycles. The quantitative estimate of drug-likeness (QED) is 0.922. The molecule has 1 atom stereocenters. The maximum Gasteiger partial charge on any atom is 0.0413 e. The lowest BCUT2D eigenvalue weighted by Crippen LogP contribution is -2.24. The Morgan fingerprint density at radius 3 is 2.69 bits per heavy atom. The van der Waals surface area contributed by atoms with Crippen LogP contribution >= 0.6 is 15.9 Å². The third kappa shape index (κ3) is 3.05. The second-order valence-corrected chi connectivity index (χ2v) is 5.63. The molecule has 0 radical (unpaired) electrons. The molecule has 1 aromatic heterocycles. The van der Waals surface area contributed by atoms with Gasteiger partial charge in [0.05, 0.1) is 0 Å². The van der Waals surface area contributed by atoms with Gasteiger partial charge in [0.25, 0.3) is 0 Å². The largest absolute Gasteiger partial charge is 0.330 e. The number of pyridine rings is 1. The van der Waals surface area contributed by atoms with Crippen molar-refractivity contribution in [1.82, 2.24) is 4.98 Å². The van der Waals surface area contributed by atoms with Crippen LogP contribution in [-0.4, -0.2) is 11.5 Å². The predicted molar refractivity (Wildman–Crippen MR) is 70.1 cm³/mol. The van der Waals surface area contributed by atoms with E-state index in [-0.39, 0.29) is 0 Å². The van der Waals surface area contributed by atoms with Crippen molar-refractivity contribution in [3.05, 3.63) is 28.5 Å². The zero-order chi connectivity index (χ0) is 11.4. The van der Waals surface area contributed by atoms with Crippen molar-refractivity contribution >= 4 is 15.9 Å². The minimum Gasteiger partial charge on any atom is -0.330 e. The summed E-state index contributed by atoms with van der Waals surface area (Å²) in [6.07, 6.45) is 8.40. The van der Waals surface area contributed by atoms with E-state index in [1.807, 2.05) is 6.20 Å². The number of rotatable bonds is 4. The molecular weight excluding hydrogens is 264 g/mol. The lowest BCUT2D eigenvalue weighted by Gasteiger charge is -2.21. The molecule has 2 nitrogen and oxygen atoms in total. The van der Waals surface area contributed by atoms with Crippen molar-refractivity contribution in [1.29, 1.82) is 0 Å². The Balaban J connectivity index is 1.97. The lowest BCUT2D eigenvalue weighted by atomic mass is 9.87. The summed E-state index contributed by atoms with van der Waals surface area (Å²) in [5, 5.41) is 0. The van der Waals surface area contributed by atoms with E-state index in [0.717, 1.165) is 23.4 Å².